The Morgan fingerprint density at radius 1 is 1.18 bits per heavy atom. The summed E-state index contributed by atoms with van der Waals surface area (Å²) in [6.45, 7) is 3.67. The first-order valence-corrected chi connectivity index (χ1v) is 7.02. The lowest BCUT2D eigenvalue weighted by Gasteiger charge is -2.27. The van der Waals surface area contributed by atoms with E-state index < -0.39 is 0 Å². The fourth-order valence-electron chi connectivity index (χ4n) is 2.82. The number of aromatic amines is 2. The predicted octanol–water partition coefficient (Wildman–Crippen LogP) is 0.412. The molecule has 3 heterocycles. The highest BCUT2D eigenvalue weighted by Gasteiger charge is 2.24. The van der Waals surface area contributed by atoms with Gasteiger partial charge in [0.05, 0.1) is 17.6 Å². The molecule has 0 atom stereocenters. The summed E-state index contributed by atoms with van der Waals surface area (Å²) in [6.07, 6.45) is 0. The van der Waals surface area contributed by atoms with Crippen LogP contribution >= 0.6 is 0 Å². The van der Waals surface area contributed by atoms with Gasteiger partial charge in [0.15, 0.2) is 5.82 Å². The summed E-state index contributed by atoms with van der Waals surface area (Å²) in [5.74, 6) is 1.59. The Balaban J connectivity index is 1.64. The van der Waals surface area contributed by atoms with Crippen LogP contribution in [0.25, 0.3) is 11.0 Å². The smallest absolute Gasteiger partial charge is 0.323 e. The van der Waals surface area contributed by atoms with E-state index in [4.69, 9.17) is 0 Å². The zero-order valence-electron chi connectivity index (χ0n) is 12.0. The van der Waals surface area contributed by atoms with Gasteiger partial charge in [-0.05, 0) is 25.1 Å². The number of imidazole rings is 1. The van der Waals surface area contributed by atoms with Crippen molar-refractivity contribution in [2.45, 2.75) is 20.0 Å². The molecule has 1 aliphatic rings. The molecule has 4 rings (SSSR count). The van der Waals surface area contributed by atoms with E-state index in [1.807, 2.05) is 11.5 Å². The Morgan fingerprint density at radius 3 is 2.86 bits per heavy atom. The molecule has 0 aliphatic carbocycles. The van der Waals surface area contributed by atoms with Crippen molar-refractivity contribution in [2.75, 3.05) is 6.54 Å². The van der Waals surface area contributed by atoms with Crippen LogP contribution in [-0.4, -0.2) is 42.1 Å². The van der Waals surface area contributed by atoms with Gasteiger partial charge in [-0.25, -0.2) is 4.79 Å². The van der Waals surface area contributed by atoms with Gasteiger partial charge < -0.3 is 19.4 Å². The van der Waals surface area contributed by atoms with E-state index in [1.54, 1.807) is 23.1 Å². The van der Waals surface area contributed by atoms with E-state index >= 15 is 0 Å². The molecule has 2 N–H and O–H groups in total. The number of fused-ring (bicyclic) bond motifs is 2. The number of H-pyrrole nitrogens is 2. The average Bonchev–Trinajstić information content (AvgIpc) is 3.07. The number of carbonyl (C=O) groups excluding carboxylic acids is 1. The average molecular weight is 298 g/mol. The van der Waals surface area contributed by atoms with Crippen LogP contribution in [0, 0.1) is 6.92 Å². The lowest BCUT2D eigenvalue weighted by Crippen LogP contribution is -2.38. The summed E-state index contributed by atoms with van der Waals surface area (Å²) in [6, 6.07) is 5.15. The minimum Gasteiger partial charge on any atom is -0.329 e. The minimum atomic E-state index is -0.277. The summed E-state index contributed by atoms with van der Waals surface area (Å²) < 4.78 is 2.02. The maximum Gasteiger partial charge on any atom is 0.323 e. The van der Waals surface area contributed by atoms with Crippen LogP contribution in [0.5, 0.6) is 0 Å². The van der Waals surface area contributed by atoms with Crippen molar-refractivity contribution in [3.63, 3.8) is 0 Å². The molecule has 1 amide bonds. The van der Waals surface area contributed by atoms with Crippen molar-refractivity contribution in [3.05, 3.63) is 45.9 Å². The highest BCUT2D eigenvalue weighted by Crippen LogP contribution is 2.17. The van der Waals surface area contributed by atoms with Crippen molar-refractivity contribution in [2.24, 2.45) is 0 Å². The first-order valence-electron chi connectivity index (χ1n) is 7.02. The molecule has 22 heavy (non-hydrogen) atoms. The van der Waals surface area contributed by atoms with Crippen LogP contribution in [0.4, 0.5) is 0 Å². The zero-order chi connectivity index (χ0) is 15.3. The molecule has 1 aliphatic heterocycles. The van der Waals surface area contributed by atoms with Gasteiger partial charge in [-0.2, -0.15) is 0 Å². The van der Waals surface area contributed by atoms with Gasteiger partial charge in [0.2, 0.25) is 0 Å². The highest BCUT2D eigenvalue weighted by molar-refractivity contribution is 5.97. The first-order chi connectivity index (χ1) is 10.6. The number of rotatable bonds is 1. The first kappa shape index (κ1) is 12.8. The third-order valence-electron chi connectivity index (χ3n) is 3.99. The number of aryl methyl sites for hydroxylation is 1. The second kappa shape index (κ2) is 4.55. The number of hydrogen-bond acceptors (Lipinski definition) is 4. The van der Waals surface area contributed by atoms with E-state index in [1.165, 1.54) is 0 Å². The molecule has 112 valence electrons. The molecular weight excluding hydrogens is 284 g/mol. The molecule has 0 unspecified atom stereocenters. The summed E-state index contributed by atoms with van der Waals surface area (Å²) in [4.78, 5) is 31.0. The fraction of sp³-hybridized carbons (Fsp3) is 0.286. The summed E-state index contributed by atoms with van der Waals surface area (Å²) in [7, 11) is 0. The lowest BCUT2D eigenvalue weighted by atomic mass is 10.1. The van der Waals surface area contributed by atoms with E-state index in [0.717, 1.165) is 11.6 Å². The third kappa shape index (κ3) is 1.92. The van der Waals surface area contributed by atoms with Gasteiger partial charge in [-0.1, -0.05) is 0 Å². The van der Waals surface area contributed by atoms with Gasteiger partial charge in [-0.15, -0.1) is 10.2 Å². The number of hydrogen-bond donors (Lipinski definition) is 2. The molecule has 0 saturated heterocycles. The Labute approximate surface area is 124 Å². The molecular formula is C14H14N6O2. The number of nitrogens with zero attached hydrogens (tertiary/aromatic N) is 4. The molecule has 1 aromatic carbocycles. The van der Waals surface area contributed by atoms with Crippen LogP contribution in [0.1, 0.15) is 22.0 Å². The van der Waals surface area contributed by atoms with Crippen molar-refractivity contribution in [1.29, 1.82) is 0 Å². The topological polar surface area (TPSA) is 99.7 Å². The van der Waals surface area contributed by atoms with Crippen LogP contribution in [0.2, 0.25) is 0 Å². The quantitative estimate of drug-likeness (QED) is 0.679. The number of carbonyl (C=O) groups is 1. The Morgan fingerprint density at radius 2 is 2.00 bits per heavy atom. The molecule has 8 heteroatoms. The minimum absolute atomic E-state index is 0.0733. The SMILES string of the molecule is Cc1nnc2n1CCN(C(=O)c1ccc3[nH]c(=O)[nH]c3c1)C2. The summed E-state index contributed by atoms with van der Waals surface area (Å²) in [5, 5.41) is 8.14. The van der Waals surface area contributed by atoms with E-state index in [9.17, 15) is 9.59 Å². The third-order valence-corrected chi connectivity index (χ3v) is 3.99. The fourth-order valence-corrected chi connectivity index (χ4v) is 2.82. The number of nitrogens with one attached hydrogen (secondary N) is 2. The standard InChI is InChI=1S/C14H14N6O2/c1-8-17-18-12-7-19(4-5-20(8)12)13(21)9-2-3-10-11(6-9)16-14(22)15-10/h2-3,6H,4-5,7H2,1H3,(H2,15,16,22). The van der Waals surface area contributed by atoms with Crippen molar-refractivity contribution < 1.29 is 4.79 Å². The van der Waals surface area contributed by atoms with Crippen LogP contribution in [0.15, 0.2) is 23.0 Å². The molecule has 0 saturated carbocycles. The number of benzene rings is 1. The van der Waals surface area contributed by atoms with Gasteiger partial charge in [0.25, 0.3) is 5.91 Å². The Hall–Kier alpha value is -2.90. The maximum atomic E-state index is 12.6. The van der Waals surface area contributed by atoms with Crippen LogP contribution in [0.3, 0.4) is 0 Å². The van der Waals surface area contributed by atoms with Crippen LogP contribution in [-0.2, 0) is 13.1 Å². The van der Waals surface area contributed by atoms with Crippen LogP contribution < -0.4 is 5.69 Å². The monoisotopic (exact) mass is 298 g/mol. The molecule has 8 nitrogen and oxygen atoms in total. The van der Waals surface area contributed by atoms with E-state index in [2.05, 4.69) is 20.2 Å². The van der Waals surface area contributed by atoms with Crippen molar-refractivity contribution in [3.8, 4) is 0 Å². The second-order valence-electron chi connectivity index (χ2n) is 5.38. The normalized spacial score (nSPS) is 14.3. The van der Waals surface area contributed by atoms with E-state index in [-0.39, 0.29) is 11.6 Å². The summed E-state index contributed by atoms with van der Waals surface area (Å²) >= 11 is 0. The predicted molar refractivity (Wildman–Crippen MR) is 78.4 cm³/mol. The van der Waals surface area contributed by atoms with Gasteiger partial charge in [-0.3, -0.25) is 4.79 Å². The molecule has 2 aromatic heterocycles. The Bertz CT molecular complexity index is 934. The highest BCUT2D eigenvalue weighted by atomic mass is 16.2. The van der Waals surface area contributed by atoms with E-state index in [0.29, 0.717) is 36.2 Å². The zero-order valence-corrected chi connectivity index (χ0v) is 12.0. The van der Waals surface area contributed by atoms with Crippen molar-refractivity contribution in [1.82, 2.24) is 29.6 Å². The summed E-state index contributed by atoms with van der Waals surface area (Å²) in [5.41, 5.74) is 1.59. The molecule has 0 spiro atoms. The van der Waals surface area contributed by atoms with Gasteiger partial charge >= 0.3 is 5.69 Å². The number of amides is 1. The molecule has 0 bridgehead atoms. The molecule has 3 aromatic rings. The molecule has 0 fully saturated rings. The largest absolute Gasteiger partial charge is 0.329 e. The van der Waals surface area contributed by atoms with Gasteiger partial charge in [0.1, 0.15) is 5.82 Å². The van der Waals surface area contributed by atoms with Crippen molar-refractivity contribution >= 4 is 16.9 Å². The Kier molecular flexibility index (Phi) is 2.65. The lowest BCUT2D eigenvalue weighted by molar-refractivity contribution is 0.0707. The number of aromatic nitrogens is 5. The molecule has 0 radical (unpaired) electrons. The second-order valence-corrected chi connectivity index (χ2v) is 5.38. The maximum absolute atomic E-state index is 12.6. The van der Waals surface area contributed by atoms with Gasteiger partial charge in [0, 0.05) is 18.7 Å².